The van der Waals surface area contributed by atoms with Gasteiger partial charge in [-0.25, -0.2) is 4.98 Å². The molecule has 0 saturated carbocycles. The summed E-state index contributed by atoms with van der Waals surface area (Å²) in [7, 11) is 0. The minimum absolute atomic E-state index is 0.153. The minimum Gasteiger partial charge on any atom is -0.490 e. The zero-order valence-corrected chi connectivity index (χ0v) is 15.5. The van der Waals surface area contributed by atoms with Crippen molar-refractivity contribution < 1.29 is 14.3 Å². The molecule has 0 saturated heterocycles. The van der Waals surface area contributed by atoms with Crippen LogP contribution < -0.4 is 14.8 Å². The molecule has 2 aromatic heterocycles. The normalized spacial score (nSPS) is 14.8. The van der Waals surface area contributed by atoms with Gasteiger partial charge in [0.25, 0.3) is 5.91 Å². The molecule has 6 heteroatoms. The van der Waals surface area contributed by atoms with E-state index in [1.807, 2.05) is 47.0 Å². The van der Waals surface area contributed by atoms with Crippen molar-refractivity contribution in [3.63, 3.8) is 0 Å². The number of fused-ring (bicyclic) bond motifs is 2. The Labute approximate surface area is 158 Å². The summed E-state index contributed by atoms with van der Waals surface area (Å²) in [5, 5.41) is 3.12. The van der Waals surface area contributed by atoms with Crippen LogP contribution in [-0.2, 0) is 0 Å². The monoisotopic (exact) mass is 365 g/mol. The first kappa shape index (κ1) is 17.4. The Morgan fingerprint density at radius 2 is 1.96 bits per heavy atom. The van der Waals surface area contributed by atoms with Gasteiger partial charge in [-0.1, -0.05) is 26.0 Å². The second-order valence-electron chi connectivity index (χ2n) is 7.04. The van der Waals surface area contributed by atoms with Gasteiger partial charge in [-0.3, -0.25) is 4.79 Å². The minimum atomic E-state index is -0.190. The molecule has 1 N–H and O–H groups in total. The fourth-order valence-corrected chi connectivity index (χ4v) is 3.27. The van der Waals surface area contributed by atoms with E-state index in [0.717, 1.165) is 29.1 Å². The van der Waals surface area contributed by atoms with E-state index in [0.29, 0.717) is 18.9 Å². The summed E-state index contributed by atoms with van der Waals surface area (Å²) >= 11 is 0. The van der Waals surface area contributed by atoms with Gasteiger partial charge in [-0.15, -0.1) is 0 Å². The van der Waals surface area contributed by atoms with Crippen LogP contribution in [0.15, 0.2) is 48.8 Å². The van der Waals surface area contributed by atoms with Crippen LogP contribution in [0.2, 0.25) is 0 Å². The van der Waals surface area contributed by atoms with Crippen molar-refractivity contribution in [2.45, 2.75) is 26.3 Å². The third-order valence-electron chi connectivity index (χ3n) is 4.68. The number of benzene rings is 1. The van der Waals surface area contributed by atoms with Crippen LogP contribution in [0, 0.1) is 5.92 Å². The van der Waals surface area contributed by atoms with Crippen molar-refractivity contribution >= 4 is 11.6 Å². The maximum Gasteiger partial charge on any atom is 0.271 e. The van der Waals surface area contributed by atoms with E-state index in [2.05, 4.69) is 24.1 Å². The van der Waals surface area contributed by atoms with Gasteiger partial charge in [0.2, 0.25) is 0 Å². The molecule has 1 unspecified atom stereocenters. The van der Waals surface area contributed by atoms with Crippen LogP contribution >= 0.6 is 0 Å². The lowest BCUT2D eigenvalue weighted by molar-refractivity contribution is 0.0921. The topological polar surface area (TPSA) is 64.9 Å². The molecule has 1 amide bonds. The summed E-state index contributed by atoms with van der Waals surface area (Å²) < 4.78 is 13.3. The third kappa shape index (κ3) is 3.60. The number of carbonyl (C=O) groups is 1. The van der Waals surface area contributed by atoms with Crippen molar-refractivity contribution in [2.75, 3.05) is 13.2 Å². The zero-order chi connectivity index (χ0) is 18.8. The van der Waals surface area contributed by atoms with Gasteiger partial charge >= 0.3 is 0 Å². The molecule has 1 aliphatic heterocycles. The van der Waals surface area contributed by atoms with Crippen molar-refractivity contribution in [1.82, 2.24) is 14.7 Å². The van der Waals surface area contributed by atoms with E-state index in [1.54, 1.807) is 6.20 Å². The SMILES string of the molecule is CC(C)C(NC(=O)c1cn2ccccc2n1)c1ccc2c(c1)OCCCO2. The van der Waals surface area contributed by atoms with Crippen LogP contribution in [0.1, 0.15) is 42.4 Å². The Hall–Kier alpha value is -3.02. The van der Waals surface area contributed by atoms with E-state index >= 15 is 0 Å². The lowest BCUT2D eigenvalue weighted by Gasteiger charge is -2.23. The van der Waals surface area contributed by atoms with Gasteiger partial charge in [0, 0.05) is 18.8 Å². The third-order valence-corrected chi connectivity index (χ3v) is 4.68. The second-order valence-corrected chi connectivity index (χ2v) is 7.04. The average Bonchev–Trinajstić information content (AvgIpc) is 2.97. The maximum absolute atomic E-state index is 12.8. The number of carbonyl (C=O) groups excluding carboxylic acids is 1. The summed E-state index contributed by atoms with van der Waals surface area (Å²) in [4.78, 5) is 17.2. The molecule has 1 aromatic carbocycles. The quantitative estimate of drug-likeness (QED) is 0.767. The smallest absolute Gasteiger partial charge is 0.271 e. The highest BCUT2D eigenvalue weighted by atomic mass is 16.5. The molecule has 1 aliphatic rings. The number of rotatable bonds is 4. The molecule has 0 bridgehead atoms. The van der Waals surface area contributed by atoms with Crippen LogP contribution in [0.5, 0.6) is 11.5 Å². The van der Waals surface area contributed by atoms with Crippen molar-refractivity contribution in [3.8, 4) is 11.5 Å². The highest BCUT2D eigenvalue weighted by Gasteiger charge is 2.22. The first-order chi connectivity index (χ1) is 13.1. The Balaban J connectivity index is 1.59. The standard InChI is InChI=1S/C21H23N3O3/c1-14(2)20(15-7-8-17-18(12-15)27-11-5-10-26-17)23-21(25)16-13-24-9-4-3-6-19(24)22-16/h3-4,6-9,12-14,20H,5,10-11H2,1-2H3,(H,23,25). The van der Waals surface area contributed by atoms with Gasteiger partial charge < -0.3 is 19.2 Å². The van der Waals surface area contributed by atoms with Gasteiger partial charge in [0.05, 0.1) is 19.3 Å². The molecule has 27 heavy (non-hydrogen) atoms. The van der Waals surface area contributed by atoms with Crippen LogP contribution in [0.4, 0.5) is 0 Å². The highest BCUT2D eigenvalue weighted by molar-refractivity contribution is 5.93. The summed E-state index contributed by atoms with van der Waals surface area (Å²) in [6.07, 6.45) is 4.49. The fraction of sp³-hybridized carbons (Fsp3) is 0.333. The van der Waals surface area contributed by atoms with E-state index in [9.17, 15) is 4.79 Å². The lowest BCUT2D eigenvalue weighted by Crippen LogP contribution is -2.32. The number of hydrogen-bond donors (Lipinski definition) is 1. The molecule has 0 radical (unpaired) electrons. The molecule has 0 spiro atoms. The van der Waals surface area contributed by atoms with Crippen LogP contribution in [0.3, 0.4) is 0 Å². The number of ether oxygens (including phenoxy) is 2. The average molecular weight is 365 g/mol. The van der Waals surface area contributed by atoms with E-state index < -0.39 is 0 Å². The predicted octanol–water partition coefficient (Wildman–Crippen LogP) is 3.62. The molecule has 1 atom stereocenters. The summed E-state index contributed by atoms with van der Waals surface area (Å²) in [5.41, 5.74) is 2.15. The molecule has 0 fully saturated rings. The maximum atomic E-state index is 12.8. The van der Waals surface area contributed by atoms with Gasteiger partial charge in [0.1, 0.15) is 11.3 Å². The number of nitrogens with one attached hydrogen (secondary N) is 1. The first-order valence-electron chi connectivity index (χ1n) is 9.26. The fourth-order valence-electron chi connectivity index (χ4n) is 3.27. The molecule has 140 valence electrons. The largest absolute Gasteiger partial charge is 0.490 e. The Morgan fingerprint density at radius 1 is 1.15 bits per heavy atom. The number of nitrogens with zero attached hydrogens (tertiary/aromatic N) is 2. The number of imidazole rings is 1. The van der Waals surface area contributed by atoms with Crippen LogP contribution in [-0.4, -0.2) is 28.5 Å². The summed E-state index contributed by atoms with van der Waals surface area (Å²) in [6, 6.07) is 11.4. The number of amides is 1. The summed E-state index contributed by atoms with van der Waals surface area (Å²) in [6.45, 7) is 5.45. The Morgan fingerprint density at radius 3 is 2.74 bits per heavy atom. The lowest BCUT2D eigenvalue weighted by atomic mass is 9.95. The second kappa shape index (κ2) is 7.31. The van der Waals surface area contributed by atoms with Crippen molar-refractivity contribution in [2.24, 2.45) is 5.92 Å². The van der Waals surface area contributed by atoms with E-state index in [1.165, 1.54) is 0 Å². The first-order valence-corrected chi connectivity index (χ1v) is 9.26. The zero-order valence-electron chi connectivity index (χ0n) is 15.5. The van der Waals surface area contributed by atoms with Gasteiger partial charge in [-0.2, -0.15) is 0 Å². The highest BCUT2D eigenvalue weighted by Crippen LogP contribution is 2.34. The Kier molecular flexibility index (Phi) is 4.71. The predicted molar refractivity (Wildman–Crippen MR) is 102 cm³/mol. The molecular formula is C21H23N3O3. The number of aromatic nitrogens is 2. The molecule has 6 nitrogen and oxygen atoms in total. The number of hydrogen-bond acceptors (Lipinski definition) is 4. The molecular weight excluding hydrogens is 342 g/mol. The Bertz CT molecular complexity index is 931. The molecule has 3 heterocycles. The molecule has 3 aromatic rings. The van der Waals surface area contributed by atoms with Crippen LogP contribution in [0.25, 0.3) is 5.65 Å². The summed E-state index contributed by atoms with van der Waals surface area (Å²) in [5.74, 6) is 1.50. The van der Waals surface area contributed by atoms with Gasteiger partial charge in [0.15, 0.2) is 11.5 Å². The number of pyridine rings is 1. The van der Waals surface area contributed by atoms with E-state index in [4.69, 9.17) is 9.47 Å². The van der Waals surface area contributed by atoms with E-state index in [-0.39, 0.29) is 17.9 Å². The molecule has 4 rings (SSSR count). The van der Waals surface area contributed by atoms with Crippen molar-refractivity contribution in [3.05, 3.63) is 60.0 Å². The molecule has 0 aliphatic carbocycles. The van der Waals surface area contributed by atoms with Crippen molar-refractivity contribution in [1.29, 1.82) is 0 Å². The van der Waals surface area contributed by atoms with Gasteiger partial charge in [-0.05, 0) is 35.7 Å².